The Balaban J connectivity index is 2.38. The largest absolute Gasteiger partial charge is 0.431 e. The number of benzene rings is 1. The Bertz CT molecular complexity index is 571. The zero-order valence-corrected chi connectivity index (χ0v) is 9.49. The lowest BCUT2D eigenvalue weighted by atomic mass is 10.3. The molecule has 0 amide bonds. The molecule has 1 aromatic carbocycles. The summed E-state index contributed by atoms with van der Waals surface area (Å²) >= 11 is 3.18. The molecule has 0 saturated heterocycles. The standard InChI is InChI=1S/C10H6BrFN2O2/c11-6-1-2-7(12)8(5-6)16-10-9(15)13-3-4-14-10/h1-5H,(H,13,15). The Hall–Kier alpha value is -1.69. The van der Waals surface area contributed by atoms with E-state index in [-0.39, 0.29) is 11.6 Å². The molecular weight excluding hydrogens is 279 g/mol. The summed E-state index contributed by atoms with van der Waals surface area (Å²) in [7, 11) is 0. The van der Waals surface area contributed by atoms with Gasteiger partial charge in [-0.3, -0.25) is 4.79 Å². The number of H-pyrrole nitrogens is 1. The molecule has 1 N–H and O–H groups in total. The number of halogens is 2. The summed E-state index contributed by atoms with van der Waals surface area (Å²) in [6, 6.07) is 4.19. The van der Waals surface area contributed by atoms with E-state index in [9.17, 15) is 9.18 Å². The Labute approximate surface area is 98.2 Å². The van der Waals surface area contributed by atoms with Crippen LogP contribution in [0.1, 0.15) is 0 Å². The van der Waals surface area contributed by atoms with Gasteiger partial charge in [0.25, 0.3) is 5.88 Å². The second-order valence-electron chi connectivity index (χ2n) is 2.90. The molecule has 2 aromatic rings. The van der Waals surface area contributed by atoms with Gasteiger partial charge in [0.15, 0.2) is 11.6 Å². The Kier molecular flexibility index (Phi) is 3.00. The first-order chi connectivity index (χ1) is 7.66. The predicted molar refractivity (Wildman–Crippen MR) is 59.0 cm³/mol. The fourth-order valence-corrected chi connectivity index (χ4v) is 1.41. The van der Waals surface area contributed by atoms with Crippen molar-refractivity contribution in [2.75, 3.05) is 0 Å². The molecule has 2 rings (SSSR count). The van der Waals surface area contributed by atoms with Crippen molar-refractivity contribution in [1.29, 1.82) is 0 Å². The summed E-state index contributed by atoms with van der Waals surface area (Å²) < 4.78 is 19.0. The maximum atomic E-state index is 13.3. The van der Waals surface area contributed by atoms with Crippen molar-refractivity contribution >= 4 is 15.9 Å². The lowest BCUT2D eigenvalue weighted by Crippen LogP contribution is -2.09. The van der Waals surface area contributed by atoms with Crippen LogP contribution < -0.4 is 10.3 Å². The van der Waals surface area contributed by atoms with Gasteiger partial charge in [0.05, 0.1) is 0 Å². The van der Waals surface area contributed by atoms with Crippen LogP contribution in [0.2, 0.25) is 0 Å². The van der Waals surface area contributed by atoms with Crippen molar-refractivity contribution in [3.05, 3.63) is 51.2 Å². The van der Waals surface area contributed by atoms with Gasteiger partial charge >= 0.3 is 5.56 Å². The van der Waals surface area contributed by atoms with Crippen molar-refractivity contribution in [2.45, 2.75) is 0 Å². The molecule has 0 saturated carbocycles. The molecule has 0 unspecified atom stereocenters. The minimum Gasteiger partial charge on any atom is -0.431 e. The summed E-state index contributed by atoms with van der Waals surface area (Å²) in [5.41, 5.74) is -0.512. The molecule has 0 radical (unpaired) electrons. The summed E-state index contributed by atoms with van der Waals surface area (Å²) in [6.07, 6.45) is 2.72. The second-order valence-corrected chi connectivity index (χ2v) is 3.82. The van der Waals surface area contributed by atoms with E-state index in [2.05, 4.69) is 25.9 Å². The van der Waals surface area contributed by atoms with Gasteiger partial charge in [0.2, 0.25) is 0 Å². The van der Waals surface area contributed by atoms with E-state index in [1.54, 1.807) is 0 Å². The molecule has 0 aliphatic carbocycles. The van der Waals surface area contributed by atoms with Crippen LogP contribution in [0.3, 0.4) is 0 Å². The van der Waals surface area contributed by atoms with Crippen molar-refractivity contribution < 1.29 is 9.13 Å². The first-order valence-electron chi connectivity index (χ1n) is 4.33. The van der Waals surface area contributed by atoms with E-state index >= 15 is 0 Å². The molecular formula is C10H6BrFN2O2. The highest BCUT2D eigenvalue weighted by Crippen LogP contribution is 2.24. The minimum atomic E-state index is -0.562. The van der Waals surface area contributed by atoms with Gasteiger partial charge in [-0.15, -0.1) is 0 Å². The Morgan fingerprint density at radius 1 is 1.44 bits per heavy atom. The van der Waals surface area contributed by atoms with Crippen LogP contribution >= 0.6 is 15.9 Å². The van der Waals surface area contributed by atoms with Gasteiger partial charge in [0.1, 0.15) is 0 Å². The zero-order chi connectivity index (χ0) is 11.5. The number of hydrogen-bond acceptors (Lipinski definition) is 3. The van der Waals surface area contributed by atoms with Gasteiger partial charge in [-0.1, -0.05) is 15.9 Å². The number of nitrogens with one attached hydrogen (secondary N) is 1. The molecule has 1 aromatic heterocycles. The van der Waals surface area contributed by atoms with Crippen molar-refractivity contribution in [3.8, 4) is 11.6 Å². The summed E-state index contributed by atoms with van der Waals surface area (Å²) in [6.45, 7) is 0. The Morgan fingerprint density at radius 2 is 2.25 bits per heavy atom. The van der Waals surface area contributed by atoms with Crippen molar-refractivity contribution in [3.63, 3.8) is 0 Å². The second kappa shape index (κ2) is 4.44. The normalized spacial score (nSPS) is 10.1. The predicted octanol–water partition coefficient (Wildman–Crippen LogP) is 2.46. The van der Waals surface area contributed by atoms with Crippen LogP contribution in [-0.2, 0) is 0 Å². The molecule has 0 atom stereocenters. The molecule has 82 valence electrons. The highest BCUT2D eigenvalue weighted by molar-refractivity contribution is 9.10. The third kappa shape index (κ3) is 2.27. The number of hydrogen-bond donors (Lipinski definition) is 1. The number of aromatic amines is 1. The smallest absolute Gasteiger partial charge is 0.311 e. The Morgan fingerprint density at radius 3 is 3.00 bits per heavy atom. The van der Waals surface area contributed by atoms with E-state index in [1.807, 2.05) is 0 Å². The van der Waals surface area contributed by atoms with E-state index in [0.717, 1.165) is 0 Å². The van der Waals surface area contributed by atoms with Crippen LogP contribution in [-0.4, -0.2) is 9.97 Å². The first kappa shape index (κ1) is 10.8. The van der Waals surface area contributed by atoms with Crippen LogP contribution in [0, 0.1) is 5.82 Å². The van der Waals surface area contributed by atoms with E-state index in [4.69, 9.17) is 4.74 Å². The maximum Gasteiger partial charge on any atom is 0.311 e. The van der Waals surface area contributed by atoms with Gasteiger partial charge in [-0.25, -0.2) is 9.37 Å². The fraction of sp³-hybridized carbons (Fsp3) is 0. The lowest BCUT2D eigenvalue weighted by molar-refractivity contribution is 0.420. The van der Waals surface area contributed by atoms with E-state index in [0.29, 0.717) is 4.47 Å². The first-order valence-corrected chi connectivity index (χ1v) is 5.13. The fourth-order valence-electron chi connectivity index (χ4n) is 1.07. The zero-order valence-electron chi connectivity index (χ0n) is 7.91. The topological polar surface area (TPSA) is 55.0 Å². The van der Waals surface area contributed by atoms with Crippen LogP contribution in [0.15, 0.2) is 39.9 Å². The molecule has 0 aliphatic rings. The van der Waals surface area contributed by atoms with Gasteiger partial charge in [0, 0.05) is 16.9 Å². The number of ether oxygens (including phenoxy) is 1. The highest BCUT2D eigenvalue weighted by Gasteiger charge is 2.08. The molecule has 16 heavy (non-hydrogen) atoms. The average molecular weight is 285 g/mol. The third-order valence-corrected chi connectivity index (χ3v) is 2.27. The quantitative estimate of drug-likeness (QED) is 0.922. The number of rotatable bonds is 2. The highest BCUT2D eigenvalue weighted by atomic mass is 79.9. The molecule has 4 nitrogen and oxygen atoms in total. The van der Waals surface area contributed by atoms with Gasteiger partial charge < -0.3 is 9.72 Å². The maximum absolute atomic E-state index is 13.3. The lowest BCUT2D eigenvalue weighted by Gasteiger charge is -2.04. The summed E-state index contributed by atoms with van der Waals surface area (Å²) in [4.78, 5) is 17.3. The minimum absolute atomic E-state index is 0.0569. The van der Waals surface area contributed by atoms with Gasteiger partial charge in [-0.2, -0.15) is 0 Å². The molecule has 0 spiro atoms. The molecule has 0 fully saturated rings. The van der Waals surface area contributed by atoms with Crippen molar-refractivity contribution in [1.82, 2.24) is 9.97 Å². The third-order valence-electron chi connectivity index (χ3n) is 1.77. The van der Waals surface area contributed by atoms with Crippen LogP contribution in [0.25, 0.3) is 0 Å². The average Bonchev–Trinajstić information content (AvgIpc) is 2.27. The molecule has 6 heteroatoms. The van der Waals surface area contributed by atoms with Crippen LogP contribution in [0.4, 0.5) is 4.39 Å². The summed E-state index contributed by atoms with van der Waals surface area (Å²) in [5.74, 6) is -0.814. The molecule has 0 bridgehead atoms. The summed E-state index contributed by atoms with van der Waals surface area (Å²) in [5, 5.41) is 0. The van der Waals surface area contributed by atoms with E-state index < -0.39 is 11.4 Å². The number of aromatic nitrogens is 2. The molecule has 1 heterocycles. The SMILES string of the molecule is O=c1[nH]ccnc1Oc1cc(Br)ccc1F. The molecule has 0 aliphatic heterocycles. The van der Waals surface area contributed by atoms with E-state index in [1.165, 1.54) is 30.6 Å². The van der Waals surface area contributed by atoms with Crippen LogP contribution in [0.5, 0.6) is 11.6 Å². The monoisotopic (exact) mass is 284 g/mol. The van der Waals surface area contributed by atoms with Crippen molar-refractivity contribution in [2.24, 2.45) is 0 Å². The number of nitrogens with zero attached hydrogens (tertiary/aromatic N) is 1. The van der Waals surface area contributed by atoms with Gasteiger partial charge in [-0.05, 0) is 18.2 Å².